The van der Waals surface area contributed by atoms with Crippen LogP contribution in [0.25, 0.3) is 0 Å². The molecule has 1 heterocycles. The van der Waals surface area contributed by atoms with Crippen LogP contribution in [0.15, 0.2) is 54.6 Å². The van der Waals surface area contributed by atoms with Crippen molar-refractivity contribution in [2.45, 2.75) is 19.4 Å². The fraction of sp³-hybridized carbons (Fsp3) is 0.350. The molecule has 2 aromatic carbocycles. The van der Waals surface area contributed by atoms with E-state index in [9.17, 15) is 13.2 Å². The first-order valence-electron chi connectivity index (χ1n) is 9.37. The molecule has 0 aromatic heterocycles. The van der Waals surface area contributed by atoms with E-state index in [4.69, 9.17) is 5.84 Å². The molecule has 28 heavy (non-hydrogen) atoms. The summed E-state index contributed by atoms with van der Waals surface area (Å²) in [5, 5.41) is 0. The molecule has 0 aliphatic carbocycles. The van der Waals surface area contributed by atoms with E-state index in [1.54, 1.807) is 36.4 Å². The van der Waals surface area contributed by atoms with Gasteiger partial charge >= 0.3 is 0 Å². The largest absolute Gasteiger partial charge is 0.302 e. The highest BCUT2D eigenvalue weighted by Gasteiger charge is 2.24. The lowest BCUT2D eigenvalue weighted by Crippen LogP contribution is -2.37. The Kier molecular flexibility index (Phi) is 6.66. The number of carbonyl (C=O) groups is 1. The summed E-state index contributed by atoms with van der Waals surface area (Å²) in [7, 11) is -3.50. The van der Waals surface area contributed by atoms with Crippen molar-refractivity contribution in [3.05, 3.63) is 65.7 Å². The first-order valence-corrected chi connectivity index (χ1v) is 11.0. The molecule has 1 amide bonds. The number of rotatable bonds is 8. The molecule has 1 saturated heterocycles. The molecular formula is C20H26N4O3S. The minimum atomic E-state index is -3.50. The molecule has 0 radical (unpaired) electrons. The quantitative estimate of drug-likeness (QED) is 0.398. The highest BCUT2D eigenvalue weighted by Crippen LogP contribution is 2.22. The first kappa shape index (κ1) is 20.3. The SMILES string of the molecule is NNC(=O)c1ccc(CN(c2ccccc2)S(=O)(=O)CCN2CCCC2)cc1. The van der Waals surface area contributed by atoms with E-state index in [1.807, 2.05) is 18.2 Å². The van der Waals surface area contributed by atoms with Crippen molar-refractivity contribution in [3.63, 3.8) is 0 Å². The maximum Gasteiger partial charge on any atom is 0.265 e. The zero-order chi connectivity index (χ0) is 20.0. The molecular weight excluding hydrogens is 376 g/mol. The number of nitrogens with zero attached hydrogens (tertiary/aromatic N) is 2. The summed E-state index contributed by atoms with van der Waals surface area (Å²) in [6.45, 7) is 2.68. The molecule has 1 fully saturated rings. The Bertz CT molecular complexity index is 879. The fourth-order valence-electron chi connectivity index (χ4n) is 3.32. The maximum absolute atomic E-state index is 13.1. The number of para-hydroxylation sites is 1. The van der Waals surface area contributed by atoms with Crippen LogP contribution in [0.3, 0.4) is 0 Å². The standard InChI is InChI=1S/C20H26N4O3S/c21-22-20(25)18-10-8-17(9-11-18)16-24(19-6-2-1-3-7-19)28(26,27)15-14-23-12-4-5-13-23/h1-3,6-11H,4-5,12-16,21H2,(H,22,25). The number of benzene rings is 2. The van der Waals surface area contributed by atoms with Crippen LogP contribution >= 0.6 is 0 Å². The summed E-state index contributed by atoms with van der Waals surface area (Å²) < 4.78 is 27.7. The van der Waals surface area contributed by atoms with Crippen LogP contribution in [0.4, 0.5) is 5.69 Å². The number of hydrazine groups is 1. The first-order chi connectivity index (χ1) is 13.5. The van der Waals surface area contributed by atoms with Crippen molar-refractivity contribution < 1.29 is 13.2 Å². The van der Waals surface area contributed by atoms with Crippen molar-refractivity contribution in [2.75, 3.05) is 29.7 Å². The lowest BCUT2D eigenvalue weighted by atomic mass is 10.1. The van der Waals surface area contributed by atoms with Crippen LogP contribution in [0.1, 0.15) is 28.8 Å². The summed E-state index contributed by atoms with van der Waals surface area (Å²) in [5.74, 6) is 4.84. The highest BCUT2D eigenvalue weighted by atomic mass is 32.2. The van der Waals surface area contributed by atoms with E-state index in [0.29, 0.717) is 17.8 Å². The smallest absolute Gasteiger partial charge is 0.265 e. The van der Waals surface area contributed by atoms with Gasteiger partial charge in [0, 0.05) is 12.1 Å². The Morgan fingerprint density at radius 2 is 1.68 bits per heavy atom. The number of likely N-dealkylation sites (tertiary alicyclic amines) is 1. The van der Waals surface area contributed by atoms with E-state index < -0.39 is 10.0 Å². The number of hydrogen-bond donors (Lipinski definition) is 2. The van der Waals surface area contributed by atoms with Gasteiger partial charge in [-0.3, -0.25) is 14.5 Å². The Morgan fingerprint density at radius 3 is 2.29 bits per heavy atom. The van der Waals surface area contributed by atoms with Gasteiger partial charge in [0.25, 0.3) is 5.91 Å². The average Bonchev–Trinajstić information content (AvgIpc) is 3.25. The lowest BCUT2D eigenvalue weighted by molar-refractivity contribution is 0.0953. The molecule has 0 atom stereocenters. The van der Waals surface area contributed by atoms with Gasteiger partial charge in [-0.1, -0.05) is 30.3 Å². The molecule has 0 saturated carbocycles. The van der Waals surface area contributed by atoms with E-state index in [0.717, 1.165) is 31.5 Å². The van der Waals surface area contributed by atoms with E-state index in [1.165, 1.54) is 4.31 Å². The second kappa shape index (κ2) is 9.18. The highest BCUT2D eigenvalue weighted by molar-refractivity contribution is 7.92. The normalized spacial score (nSPS) is 14.8. The van der Waals surface area contributed by atoms with E-state index >= 15 is 0 Å². The third-order valence-corrected chi connectivity index (χ3v) is 6.63. The Balaban J connectivity index is 1.80. The van der Waals surface area contributed by atoms with Gasteiger partial charge in [0.15, 0.2) is 0 Å². The number of carbonyl (C=O) groups excluding carboxylic acids is 1. The van der Waals surface area contributed by atoms with Crippen LogP contribution < -0.4 is 15.6 Å². The molecule has 7 nitrogen and oxygen atoms in total. The van der Waals surface area contributed by atoms with Gasteiger partial charge in [-0.2, -0.15) is 0 Å². The average molecular weight is 403 g/mol. The van der Waals surface area contributed by atoms with Crippen LogP contribution in [-0.2, 0) is 16.6 Å². The fourth-order valence-corrected chi connectivity index (χ4v) is 4.81. The number of nitrogens with one attached hydrogen (secondary N) is 1. The molecule has 0 spiro atoms. The summed E-state index contributed by atoms with van der Waals surface area (Å²) >= 11 is 0. The molecule has 1 aliphatic rings. The van der Waals surface area contributed by atoms with Crippen LogP contribution in [0, 0.1) is 0 Å². The van der Waals surface area contributed by atoms with Gasteiger partial charge in [0.2, 0.25) is 10.0 Å². The van der Waals surface area contributed by atoms with Gasteiger partial charge < -0.3 is 4.90 Å². The van der Waals surface area contributed by atoms with Crippen molar-refractivity contribution in [3.8, 4) is 0 Å². The van der Waals surface area contributed by atoms with Gasteiger partial charge in [-0.05, 0) is 55.8 Å². The van der Waals surface area contributed by atoms with Crippen molar-refractivity contribution in [1.82, 2.24) is 10.3 Å². The Hall–Kier alpha value is -2.42. The molecule has 0 bridgehead atoms. The summed E-state index contributed by atoms with van der Waals surface area (Å²) in [4.78, 5) is 13.8. The molecule has 2 aromatic rings. The topological polar surface area (TPSA) is 95.7 Å². The predicted octanol–water partition coefficient (Wildman–Crippen LogP) is 1.72. The molecule has 0 unspecified atom stereocenters. The Labute approximate surface area is 166 Å². The number of sulfonamides is 1. The molecule has 3 rings (SSSR count). The third kappa shape index (κ3) is 5.09. The van der Waals surface area contributed by atoms with Crippen molar-refractivity contribution >= 4 is 21.6 Å². The monoisotopic (exact) mass is 402 g/mol. The molecule has 150 valence electrons. The van der Waals surface area contributed by atoms with Gasteiger partial charge in [0.1, 0.15) is 0 Å². The molecule has 8 heteroatoms. The van der Waals surface area contributed by atoms with Gasteiger partial charge in [-0.25, -0.2) is 14.3 Å². The summed E-state index contributed by atoms with van der Waals surface area (Å²) in [5.41, 5.74) is 3.94. The molecule has 3 N–H and O–H groups in total. The predicted molar refractivity (Wildman–Crippen MR) is 110 cm³/mol. The lowest BCUT2D eigenvalue weighted by Gasteiger charge is -2.26. The van der Waals surface area contributed by atoms with E-state index in [2.05, 4.69) is 10.3 Å². The van der Waals surface area contributed by atoms with Crippen LogP contribution in [-0.4, -0.2) is 44.6 Å². The second-order valence-electron chi connectivity index (χ2n) is 6.88. The summed E-state index contributed by atoms with van der Waals surface area (Å²) in [6, 6.07) is 15.9. The van der Waals surface area contributed by atoms with Crippen molar-refractivity contribution in [1.29, 1.82) is 0 Å². The number of nitrogens with two attached hydrogens (primary N) is 1. The second-order valence-corrected chi connectivity index (χ2v) is 8.89. The third-order valence-electron chi connectivity index (χ3n) is 4.92. The number of nitrogen functional groups attached to an aromatic ring is 1. The molecule has 1 aliphatic heterocycles. The van der Waals surface area contributed by atoms with Crippen LogP contribution in [0.5, 0.6) is 0 Å². The van der Waals surface area contributed by atoms with E-state index in [-0.39, 0.29) is 18.2 Å². The minimum absolute atomic E-state index is 0.0789. The Morgan fingerprint density at radius 1 is 1.04 bits per heavy atom. The zero-order valence-corrected chi connectivity index (χ0v) is 16.6. The zero-order valence-electron chi connectivity index (χ0n) is 15.8. The number of hydrogen-bond acceptors (Lipinski definition) is 5. The number of amides is 1. The minimum Gasteiger partial charge on any atom is -0.302 e. The van der Waals surface area contributed by atoms with Crippen LogP contribution in [0.2, 0.25) is 0 Å². The van der Waals surface area contributed by atoms with Gasteiger partial charge in [0.05, 0.1) is 18.0 Å². The maximum atomic E-state index is 13.1. The summed E-state index contributed by atoms with van der Waals surface area (Å²) in [6.07, 6.45) is 2.26. The van der Waals surface area contributed by atoms with Gasteiger partial charge in [-0.15, -0.1) is 0 Å². The van der Waals surface area contributed by atoms with Crippen molar-refractivity contribution in [2.24, 2.45) is 5.84 Å². The number of anilines is 1.